The van der Waals surface area contributed by atoms with Gasteiger partial charge in [0.1, 0.15) is 0 Å². The van der Waals surface area contributed by atoms with Gasteiger partial charge in [0.2, 0.25) is 0 Å². The highest BCUT2D eigenvalue weighted by molar-refractivity contribution is 7.86. The summed E-state index contributed by atoms with van der Waals surface area (Å²) in [7, 11) is -0.220. The average molecular weight is 331 g/mol. The van der Waals surface area contributed by atoms with E-state index in [2.05, 4.69) is 5.32 Å². The van der Waals surface area contributed by atoms with Crippen LogP contribution in [0.25, 0.3) is 0 Å². The maximum atomic E-state index is 12.0. The van der Waals surface area contributed by atoms with E-state index < -0.39 is 10.2 Å². The van der Waals surface area contributed by atoms with E-state index in [0.717, 1.165) is 12.8 Å². The van der Waals surface area contributed by atoms with Crippen LogP contribution >= 0.6 is 11.3 Å². The number of piperidine rings is 1. The third-order valence-electron chi connectivity index (χ3n) is 3.66. The Bertz CT molecular complexity index is 561. The molecule has 1 aliphatic heterocycles. The smallest absolute Gasteiger partial charge is 0.281 e. The first-order valence-corrected chi connectivity index (χ1v) is 9.18. The molecule has 0 aromatic carbocycles. The largest absolute Gasteiger partial charge is 0.351 e. The summed E-state index contributed by atoms with van der Waals surface area (Å²) in [6.07, 6.45) is 1.55. The van der Waals surface area contributed by atoms with Crippen LogP contribution in [0.15, 0.2) is 17.5 Å². The number of rotatable bonds is 5. The van der Waals surface area contributed by atoms with Crippen LogP contribution < -0.4 is 5.32 Å². The summed E-state index contributed by atoms with van der Waals surface area (Å²) in [4.78, 5) is 12.6. The molecule has 1 aromatic rings. The van der Waals surface area contributed by atoms with Crippen molar-refractivity contribution < 1.29 is 13.2 Å². The van der Waals surface area contributed by atoms with Gasteiger partial charge < -0.3 is 5.32 Å². The molecule has 1 fully saturated rings. The van der Waals surface area contributed by atoms with Gasteiger partial charge in [0, 0.05) is 33.7 Å². The van der Waals surface area contributed by atoms with Gasteiger partial charge in [0.25, 0.3) is 16.1 Å². The van der Waals surface area contributed by atoms with Crippen molar-refractivity contribution in [3.63, 3.8) is 0 Å². The van der Waals surface area contributed by atoms with E-state index in [1.807, 2.05) is 11.4 Å². The van der Waals surface area contributed by atoms with E-state index in [1.165, 1.54) is 19.9 Å². The molecule has 0 saturated carbocycles. The molecule has 118 valence electrons. The van der Waals surface area contributed by atoms with Crippen molar-refractivity contribution in [3.05, 3.63) is 22.4 Å². The van der Waals surface area contributed by atoms with Crippen LogP contribution in [0.3, 0.4) is 0 Å². The lowest BCUT2D eigenvalue weighted by atomic mass is 9.98. The molecule has 0 bridgehead atoms. The van der Waals surface area contributed by atoms with Gasteiger partial charge in [0.15, 0.2) is 0 Å². The number of thiophene rings is 1. The number of nitrogens with zero attached hydrogens (tertiary/aromatic N) is 2. The maximum Gasteiger partial charge on any atom is 0.281 e. The fraction of sp³-hybridized carbons (Fsp3) is 0.615. The predicted octanol–water partition coefficient (Wildman–Crippen LogP) is 0.996. The van der Waals surface area contributed by atoms with Crippen molar-refractivity contribution in [2.45, 2.75) is 12.8 Å². The van der Waals surface area contributed by atoms with Gasteiger partial charge in [-0.05, 0) is 30.2 Å². The van der Waals surface area contributed by atoms with Gasteiger partial charge >= 0.3 is 0 Å². The highest BCUT2D eigenvalue weighted by Crippen LogP contribution is 2.20. The number of nitrogens with one attached hydrogen (secondary N) is 1. The fourth-order valence-corrected chi connectivity index (χ4v) is 4.08. The zero-order valence-electron chi connectivity index (χ0n) is 12.3. The van der Waals surface area contributed by atoms with Crippen LogP contribution in [0.4, 0.5) is 0 Å². The molecule has 1 N–H and O–H groups in total. The molecular formula is C13H21N3O3S2. The van der Waals surface area contributed by atoms with E-state index in [4.69, 9.17) is 0 Å². The third-order valence-corrected chi connectivity index (χ3v) is 6.47. The third kappa shape index (κ3) is 4.03. The van der Waals surface area contributed by atoms with Crippen molar-refractivity contribution in [3.8, 4) is 0 Å². The van der Waals surface area contributed by atoms with Crippen LogP contribution in [-0.4, -0.2) is 56.7 Å². The minimum absolute atomic E-state index is 0.0478. The minimum Gasteiger partial charge on any atom is -0.351 e. The first kappa shape index (κ1) is 16.4. The van der Waals surface area contributed by atoms with E-state index in [0.29, 0.717) is 30.4 Å². The molecule has 2 heterocycles. The van der Waals surface area contributed by atoms with Gasteiger partial charge in [0.05, 0.1) is 4.88 Å². The molecule has 6 nitrogen and oxygen atoms in total. The summed E-state index contributed by atoms with van der Waals surface area (Å²) < 4.78 is 26.7. The fourth-order valence-electron chi connectivity index (χ4n) is 2.31. The molecule has 21 heavy (non-hydrogen) atoms. The summed E-state index contributed by atoms with van der Waals surface area (Å²) in [5.41, 5.74) is 0. The zero-order valence-corrected chi connectivity index (χ0v) is 13.9. The molecule has 1 aromatic heterocycles. The van der Waals surface area contributed by atoms with Crippen LogP contribution in [0.1, 0.15) is 22.5 Å². The molecule has 0 spiro atoms. The number of carbonyl (C=O) groups is 1. The van der Waals surface area contributed by atoms with Gasteiger partial charge in [-0.15, -0.1) is 11.3 Å². The van der Waals surface area contributed by atoms with Crippen molar-refractivity contribution in [1.82, 2.24) is 13.9 Å². The van der Waals surface area contributed by atoms with Gasteiger partial charge in [-0.2, -0.15) is 17.0 Å². The summed E-state index contributed by atoms with van der Waals surface area (Å²) >= 11 is 1.42. The highest BCUT2D eigenvalue weighted by Gasteiger charge is 2.29. The first-order valence-electron chi connectivity index (χ1n) is 6.90. The molecule has 0 atom stereocenters. The maximum absolute atomic E-state index is 12.0. The van der Waals surface area contributed by atoms with E-state index in [-0.39, 0.29) is 5.91 Å². The summed E-state index contributed by atoms with van der Waals surface area (Å²) in [6, 6.07) is 3.65. The number of amides is 1. The summed E-state index contributed by atoms with van der Waals surface area (Å²) in [5.74, 6) is 0.288. The average Bonchev–Trinajstić information content (AvgIpc) is 2.99. The molecule has 1 amide bonds. The van der Waals surface area contributed by atoms with Crippen LogP contribution in [0.5, 0.6) is 0 Å². The monoisotopic (exact) mass is 331 g/mol. The summed E-state index contributed by atoms with van der Waals surface area (Å²) in [6.45, 7) is 1.63. The Morgan fingerprint density at radius 2 is 2.10 bits per heavy atom. The molecule has 2 rings (SSSR count). The van der Waals surface area contributed by atoms with E-state index in [9.17, 15) is 13.2 Å². The highest BCUT2D eigenvalue weighted by atomic mass is 32.2. The minimum atomic E-state index is -3.31. The molecule has 8 heteroatoms. The standard InChI is InChI=1S/C13H21N3O3S2/c1-15(2)21(18,19)16-7-5-11(6-8-16)10-14-13(17)12-4-3-9-20-12/h3-4,9,11H,5-8,10H2,1-2H3,(H,14,17). The quantitative estimate of drug-likeness (QED) is 0.875. The van der Waals surface area contributed by atoms with Crippen molar-refractivity contribution >= 4 is 27.5 Å². The second-order valence-corrected chi connectivity index (χ2v) is 8.41. The van der Waals surface area contributed by atoms with Gasteiger partial charge in [-0.25, -0.2) is 0 Å². The van der Waals surface area contributed by atoms with E-state index >= 15 is 0 Å². The molecule has 0 unspecified atom stereocenters. The zero-order chi connectivity index (χ0) is 15.5. The van der Waals surface area contributed by atoms with Crippen LogP contribution in [0.2, 0.25) is 0 Å². The molecule has 0 radical (unpaired) electrons. The summed E-state index contributed by atoms with van der Waals surface area (Å²) in [5, 5.41) is 4.80. The lowest BCUT2D eigenvalue weighted by molar-refractivity contribution is 0.0945. The number of carbonyl (C=O) groups excluding carboxylic acids is 1. The Labute approximate surface area is 129 Å². The topological polar surface area (TPSA) is 69.7 Å². The second-order valence-electron chi connectivity index (χ2n) is 5.32. The predicted molar refractivity (Wildman–Crippen MR) is 83.6 cm³/mol. The van der Waals surface area contributed by atoms with Crippen molar-refractivity contribution in [2.75, 3.05) is 33.7 Å². The molecule has 1 saturated heterocycles. The Balaban J connectivity index is 1.78. The molecule has 0 aliphatic carbocycles. The Morgan fingerprint density at radius 1 is 1.43 bits per heavy atom. The number of hydrogen-bond donors (Lipinski definition) is 1. The normalized spacial score (nSPS) is 18.0. The van der Waals surface area contributed by atoms with Gasteiger partial charge in [-0.3, -0.25) is 4.79 Å². The van der Waals surface area contributed by atoms with Crippen molar-refractivity contribution in [1.29, 1.82) is 0 Å². The lowest BCUT2D eigenvalue weighted by Crippen LogP contribution is -2.45. The SMILES string of the molecule is CN(C)S(=O)(=O)N1CCC(CNC(=O)c2cccs2)CC1. The van der Waals surface area contributed by atoms with Gasteiger partial charge in [-0.1, -0.05) is 6.07 Å². The molecule has 1 aliphatic rings. The van der Waals surface area contributed by atoms with Crippen molar-refractivity contribution in [2.24, 2.45) is 5.92 Å². The van der Waals surface area contributed by atoms with Crippen LogP contribution in [0, 0.1) is 5.92 Å². The Kier molecular flexibility index (Phi) is 5.37. The second kappa shape index (κ2) is 6.87. The van der Waals surface area contributed by atoms with E-state index in [1.54, 1.807) is 20.2 Å². The number of hydrogen-bond acceptors (Lipinski definition) is 4. The lowest BCUT2D eigenvalue weighted by Gasteiger charge is -2.32. The van der Waals surface area contributed by atoms with Crippen LogP contribution in [-0.2, 0) is 10.2 Å². The Hall–Kier alpha value is -0.960. The Morgan fingerprint density at radius 3 is 2.62 bits per heavy atom. The first-order chi connectivity index (χ1) is 9.91. The molecular weight excluding hydrogens is 310 g/mol.